The quantitative estimate of drug-likeness (QED) is 0.618. The molecular weight excluding hydrogens is 206 g/mol. The molecule has 0 aromatic heterocycles. The van der Waals surface area contributed by atoms with E-state index in [0.29, 0.717) is 5.56 Å². The highest BCUT2D eigenvalue weighted by molar-refractivity contribution is 5.37. The molecule has 4 nitrogen and oxygen atoms in total. The molecular formula is C9H10F2N2O2. The van der Waals surface area contributed by atoms with Crippen LogP contribution in [0.3, 0.4) is 0 Å². The van der Waals surface area contributed by atoms with E-state index in [-0.39, 0.29) is 12.5 Å². The molecule has 1 atom stereocenters. The maximum atomic E-state index is 12.9. The standard InChI is InChI=1S/C9H10F2N2O2/c1-5(12)2-6-3-7(10)9(11)8(4-6)13(14)15/h3-5H,2,12H2,1H3. The lowest BCUT2D eigenvalue weighted by atomic mass is 10.1. The fraction of sp³-hybridized carbons (Fsp3) is 0.333. The fourth-order valence-electron chi connectivity index (χ4n) is 1.25. The molecule has 0 saturated carbocycles. The van der Waals surface area contributed by atoms with E-state index in [2.05, 4.69) is 0 Å². The van der Waals surface area contributed by atoms with Crippen LogP contribution in [-0.4, -0.2) is 11.0 Å². The van der Waals surface area contributed by atoms with E-state index >= 15 is 0 Å². The van der Waals surface area contributed by atoms with Gasteiger partial charge in [0.1, 0.15) is 0 Å². The lowest BCUT2D eigenvalue weighted by Gasteiger charge is -2.05. The molecule has 1 aromatic carbocycles. The smallest absolute Gasteiger partial charge is 0.308 e. The molecule has 0 heterocycles. The van der Waals surface area contributed by atoms with Crippen LogP contribution in [0.15, 0.2) is 12.1 Å². The summed E-state index contributed by atoms with van der Waals surface area (Å²) >= 11 is 0. The van der Waals surface area contributed by atoms with Gasteiger partial charge in [0.25, 0.3) is 0 Å². The number of benzene rings is 1. The minimum absolute atomic E-state index is 0.262. The summed E-state index contributed by atoms with van der Waals surface area (Å²) in [5.41, 5.74) is 4.91. The molecule has 0 aliphatic rings. The van der Waals surface area contributed by atoms with E-state index < -0.39 is 22.2 Å². The molecule has 15 heavy (non-hydrogen) atoms. The number of hydrogen-bond acceptors (Lipinski definition) is 3. The van der Waals surface area contributed by atoms with Gasteiger partial charge in [0.2, 0.25) is 5.82 Å². The number of nitro benzene ring substituents is 1. The molecule has 2 N–H and O–H groups in total. The van der Waals surface area contributed by atoms with Crippen LogP contribution in [-0.2, 0) is 6.42 Å². The summed E-state index contributed by atoms with van der Waals surface area (Å²) in [7, 11) is 0. The summed E-state index contributed by atoms with van der Waals surface area (Å²) in [4.78, 5) is 9.42. The topological polar surface area (TPSA) is 69.2 Å². The van der Waals surface area contributed by atoms with E-state index in [1.807, 2.05) is 0 Å². The second-order valence-corrected chi connectivity index (χ2v) is 3.35. The first-order chi connectivity index (χ1) is 6.91. The van der Waals surface area contributed by atoms with E-state index in [9.17, 15) is 18.9 Å². The molecule has 0 fully saturated rings. The number of nitrogens with two attached hydrogens (primary N) is 1. The van der Waals surface area contributed by atoms with Crippen LogP contribution < -0.4 is 5.73 Å². The first-order valence-electron chi connectivity index (χ1n) is 4.29. The summed E-state index contributed by atoms with van der Waals surface area (Å²) in [6.45, 7) is 1.67. The lowest BCUT2D eigenvalue weighted by Crippen LogP contribution is -2.18. The Morgan fingerprint density at radius 3 is 2.60 bits per heavy atom. The van der Waals surface area contributed by atoms with Crippen LogP contribution in [0.5, 0.6) is 0 Å². The molecule has 1 unspecified atom stereocenters. The third-order valence-corrected chi connectivity index (χ3v) is 1.82. The van der Waals surface area contributed by atoms with Crippen molar-refractivity contribution in [1.29, 1.82) is 0 Å². The van der Waals surface area contributed by atoms with E-state index in [1.165, 1.54) is 0 Å². The maximum absolute atomic E-state index is 12.9. The summed E-state index contributed by atoms with van der Waals surface area (Å²) in [5.74, 6) is -2.66. The summed E-state index contributed by atoms with van der Waals surface area (Å²) in [6.07, 6.45) is 0.262. The van der Waals surface area contributed by atoms with Gasteiger partial charge in [-0.25, -0.2) is 4.39 Å². The summed E-state index contributed by atoms with van der Waals surface area (Å²) < 4.78 is 25.9. The van der Waals surface area contributed by atoms with Gasteiger partial charge in [0, 0.05) is 12.1 Å². The second kappa shape index (κ2) is 4.31. The predicted octanol–water partition coefficient (Wildman–Crippen LogP) is 1.76. The van der Waals surface area contributed by atoms with E-state index in [1.54, 1.807) is 6.92 Å². The maximum Gasteiger partial charge on any atom is 0.308 e. The lowest BCUT2D eigenvalue weighted by molar-refractivity contribution is -0.387. The van der Waals surface area contributed by atoms with Crippen LogP contribution in [0.25, 0.3) is 0 Å². The molecule has 1 aromatic rings. The Balaban J connectivity index is 3.17. The van der Waals surface area contributed by atoms with Crippen molar-refractivity contribution in [3.05, 3.63) is 39.4 Å². The molecule has 0 spiro atoms. The Morgan fingerprint density at radius 2 is 2.13 bits per heavy atom. The molecule has 0 bridgehead atoms. The zero-order valence-electron chi connectivity index (χ0n) is 8.04. The van der Waals surface area contributed by atoms with Crippen molar-refractivity contribution in [2.24, 2.45) is 5.73 Å². The van der Waals surface area contributed by atoms with Crippen molar-refractivity contribution in [3.63, 3.8) is 0 Å². The largest absolute Gasteiger partial charge is 0.328 e. The third-order valence-electron chi connectivity index (χ3n) is 1.82. The van der Waals surface area contributed by atoms with Gasteiger partial charge in [-0.3, -0.25) is 10.1 Å². The molecule has 0 aliphatic heterocycles. The third kappa shape index (κ3) is 2.69. The van der Waals surface area contributed by atoms with Gasteiger partial charge in [-0.05, 0) is 25.0 Å². The molecule has 0 saturated heterocycles. The van der Waals surface area contributed by atoms with Crippen LogP contribution in [0.4, 0.5) is 14.5 Å². The van der Waals surface area contributed by atoms with Crippen LogP contribution >= 0.6 is 0 Å². The van der Waals surface area contributed by atoms with Crippen molar-refractivity contribution in [2.75, 3.05) is 0 Å². The molecule has 1 rings (SSSR count). The van der Waals surface area contributed by atoms with Crippen LogP contribution in [0, 0.1) is 21.7 Å². The van der Waals surface area contributed by atoms with Gasteiger partial charge in [-0.2, -0.15) is 4.39 Å². The normalized spacial score (nSPS) is 12.5. The number of halogens is 2. The first kappa shape index (κ1) is 11.5. The molecule has 82 valence electrons. The predicted molar refractivity (Wildman–Crippen MR) is 50.4 cm³/mol. The first-order valence-corrected chi connectivity index (χ1v) is 4.29. The molecule has 0 radical (unpaired) electrons. The zero-order chi connectivity index (χ0) is 11.6. The van der Waals surface area contributed by atoms with Gasteiger partial charge < -0.3 is 5.73 Å². The average Bonchev–Trinajstić information content (AvgIpc) is 2.09. The molecule has 0 aliphatic carbocycles. The van der Waals surface area contributed by atoms with Gasteiger partial charge in [0.15, 0.2) is 5.82 Å². The van der Waals surface area contributed by atoms with Gasteiger partial charge >= 0.3 is 5.69 Å². The fourth-order valence-corrected chi connectivity index (χ4v) is 1.25. The highest BCUT2D eigenvalue weighted by Crippen LogP contribution is 2.22. The highest BCUT2D eigenvalue weighted by Gasteiger charge is 2.20. The SMILES string of the molecule is CC(N)Cc1cc(F)c(F)c([N+](=O)[O-])c1. The number of nitro groups is 1. The zero-order valence-corrected chi connectivity index (χ0v) is 8.04. The summed E-state index contributed by atoms with van der Waals surface area (Å²) in [5, 5.41) is 10.4. The molecule has 6 heteroatoms. The number of rotatable bonds is 3. The minimum atomic E-state index is -1.44. The van der Waals surface area contributed by atoms with Crippen molar-refractivity contribution < 1.29 is 13.7 Å². The Morgan fingerprint density at radius 1 is 1.53 bits per heavy atom. The minimum Gasteiger partial charge on any atom is -0.328 e. The summed E-state index contributed by atoms with van der Waals surface area (Å²) in [6, 6.07) is 1.66. The Kier molecular flexibility index (Phi) is 3.31. The van der Waals surface area contributed by atoms with E-state index in [4.69, 9.17) is 5.73 Å². The van der Waals surface area contributed by atoms with Crippen molar-refractivity contribution >= 4 is 5.69 Å². The number of nitrogens with zero attached hydrogens (tertiary/aromatic N) is 1. The molecule has 0 amide bonds. The Labute approximate surface area is 84.9 Å². The van der Waals surface area contributed by atoms with Crippen molar-refractivity contribution in [1.82, 2.24) is 0 Å². The van der Waals surface area contributed by atoms with Crippen LogP contribution in [0.2, 0.25) is 0 Å². The monoisotopic (exact) mass is 216 g/mol. The second-order valence-electron chi connectivity index (χ2n) is 3.35. The van der Waals surface area contributed by atoms with Crippen molar-refractivity contribution in [2.45, 2.75) is 19.4 Å². The average molecular weight is 216 g/mol. The van der Waals surface area contributed by atoms with Crippen molar-refractivity contribution in [3.8, 4) is 0 Å². The Bertz CT molecular complexity index is 394. The van der Waals surface area contributed by atoms with E-state index in [0.717, 1.165) is 12.1 Å². The number of hydrogen-bond donors (Lipinski definition) is 1. The van der Waals surface area contributed by atoms with Gasteiger partial charge in [-0.15, -0.1) is 0 Å². The van der Waals surface area contributed by atoms with Gasteiger partial charge in [-0.1, -0.05) is 0 Å². The Hall–Kier alpha value is -1.56. The highest BCUT2D eigenvalue weighted by atomic mass is 19.2. The van der Waals surface area contributed by atoms with Crippen LogP contribution in [0.1, 0.15) is 12.5 Å². The van der Waals surface area contributed by atoms with Gasteiger partial charge in [0.05, 0.1) is 4.92 Å².